The van der Waals surface area contributed by atoms with Crippen LogP contribution in [0.1, 0.15) is 50.6 Å². The van der Waals surface area contributed by atoms with Crippen molar-refractivity contribution in [2.24, 2.45) is 10.8 Å². The van der Waals surface area contributed by atoms with Crippen LogP contribution in [0.3, 0.4) is 0 Å². The molecule has 0 aliphatic heterocycles. The normalized spacial score (nSPS) is 20.9. The van der Waals surface area contributed by atoms with Gasteiger partial charge in [0.2, 0.25) is 15.9 Å². The largest absolute Gasteiger partial charge is 0.396 e. The number of aliphatic hydroxyl groups excluding tert-OH is 1. The molecule has 2 aromatic carbocycles. The number of alkyl halides is 2. The van der Waals surface area contributed by atoms with Crippen LogP contribution in [0.15, 0.2) is 51.8 Å². The van der Waals surface area contributed by atoms with Crippen molar-refractivity contribution in [2.45, 2.75) is 55.9 Å². The first kappa shape index (κ1) is 25.5. The lowest BCUT2D eigenvalue weighted by molar-refractivity contribution is -0.234. The molecule has 2 aromatic rings. The second-order valence-electron chi connectivity index (χ2n) is 9.85. The van der Waals surface area contributed by atoms with Gasteiger partial charge in [0, 0.05) is 35.3 Å². The molecule has 0 heterocycles. The van der Waals surface area contributed by atoms with Crippen LogP contribution in [0.5, 0.6) is 0 Å². The summed E-state index contributed by atoms with van der Waals surface area (Å²) >= 11 is 3.37. The van der Waals surface area contributed by atoms with Crippen molar-refractivity contribution in [1.29, 1.82) is 0 Å². The molecule has 0 unspecified atom stereocenters. The molecule has 2 saturated carbocycles. The van der Waals surface area contributed by atoms with Crippen molar-refractivity contribution in [3.05, 3.63) is 58.3 Å². The van der Waals surface area contributed by atoms with Gasteiger partial charge in [-0.15, -0.1) is 0 Å². The summed E-state index contributed by atoms with van der Waals surface area (Å²) < 4.78 is 70.1. The van der Waals surface area contributed by atoms with Gasteiger partial charge in [0.05, 0.1) is 12.3 Å². The lowest BCUT2D eigenvalue weighted by Gasteiger charge is -2.62. The SMILES string of the molecule is CC[C@H](NS(=O)(=O)c1ccc(Br)cc1NCC1(CO)CC2(CC(F)(F)C2)C1)c1ccc(F)cc1. The van der Waals surface area contributed by atoms with E-state index in [2.05, 4.69) is 26.0 Å². The van der Waals surface area contributed by atoms with E-state index >= 15 is 0 Å². The van der Waals surface area contributed by atoms with Gasteiger partial charge in [-0.2, -0.15) is 0 Å². The Hall–Kier alpha value is -1.62. The first-order valence-electron chi connectivity index (χ1n) is 11.2. The molecule has 0 radical (unpaired) electrons. The molecule has 2 fully saturated rings. The van der Waals surface area contributed by atoms with E-state index < -0.39 is 38.6 Å². The van der Waals surface area contributed by atoms with E-state index in [1.165, 1.54) is 18.2 Å². The van der Waals surface area contributed by atoms with Crippen LogP contribution in [0, 0.1) is 16.6 Å². The summed E-state index contributed by atoms with van der Waals surface area (Å²) in [5, 5.41) is 13.1. The zero-order chi connectivity index (χ0) is 24.8. The quantitative estimate of drug-likeness (QED) is 0.372. The van der Waals surface area contributed by atoms with Crippen LogP contribution < -0.4 is 10.0 Å². The zero-order valence-electron chi connectivity index (χ0n) is 18.8. The summed E-state index contributed by atoms with van der Waals surface area (Å²) in [6.45, 7) is 1.94. The van der Waals surface area contributed by atoms with Crippen molar-refractivity contribution < 1.29 is 26.7 Å². The molecule has 0 saturated heterocycles. The van der Waals surface area contributed by atoms with Gasteiger partial charge in [0.25, 0.3) is 0 Å². The van der Waals surface area contributed by atoms with Crippen LogP contribution in [0.2, 0.25) is 0 Å². The number of rotatable bonds is 9. The Morgan fingerprint density at radius 2 is 1.74 bits per heavy atom. The fourth-order valence-electron chi connectivity index (χ4n) is 5.62. The molecule has 5 nitrogen and oxygen atoms in total. The highest BCUT2D eigenvalue weighted by Gasteiger charge is 2.66. The maximum Gasteiger partial charge on any atom is 0.249 e. The Labute approximate surface area is 206 Å². The van der Waals surface area contributed by atoms with Crippen LogP contribution in [-0.2, 0) is 10.0 Å². The molecule has 4 rings (SSSR count). The first-order valence-corrected chi connectivity index (χ1v) is 13.5. The second kappa shape index (κ2) is 9.11. The summed E-state index contributed by atoms with van der Waals surface area (Å²) in [7, 11) is -3.96. The third kappa shape index (κ3) is 5.15. The van der Waals surface area contributed by atoms with Crippen LogP contribution >= 0.6 is 15.9 Å². The van der Waals surface area contributed by atoms with E-state index in [-0.39, 0.29) is 30.9 Å². The molecule has 1 spiro atoms. The zero-order valence-corrected chi connectivity index (χ0v) is 21.2. The predicted molar refractivity (Wildman–Crippen MR) is 128 cm³/mol. The number of hydrogen-bond acceptors (Lipinski definition) is 4. The number of sulfonamides is 1. The van der Waals surface area contributed by atoms with Crippen molar-refractivity contribution >= 4 is 31.6 Å². The van der Waals surface area contributed by atoms with Gasteiger partial charge in [-0.05, 0) is 60.6 Å². The van der Waals surface area contributed by atoms with E-state index in [9.17, 15) is 26.7 Å². The number of benzene rings is 2. The standard InChI is InChI=1S/C24H28BrF3N2O3S/c1-2-19(16-3-6-18(26)7-4-16)30-34(32,33)21-8-5-17(25)9-20(21)29-14-23(15-31)10-22(11-23)12-24(27,28)13-22/h3-9,19,29-31H,2,10-15H2,1H3/t19-/m0/s1. The number of hydrogen-bond donors (Lipinski definition) is 3. The van der Waals surface area contributed by atoms with E-state index in [0.29, 0.717) is 35.0 Å². The molecule has 0 amide bonds. The molecule has 2 aliphatic rings. The highest BCUT2D eigenvalue weighted by atomic mass is 79.9. The molecule has 2 aliphatic carbocycles. The Bertz CT molecular complexity index is 1140. The fraction of sp³-hybridized carbons (Fsp3) is 0.500. The van der Waals surface area contributed by atoms with Crippen LogP contribution in [0.4, 0.5) is 18.9 Å². The van der Waals surface area contributed by atoms with Crippen LogP contribution in [0.25, 0.3) is 0 Å². The average Bonchev–Trinajstić information content (AvgIpc) is 2.73. The Morgan fingerprint density at radius 1 is 1.09 bits per heavy atom. The van der Waals surface area contributed by atoms with Gasteiger partial charge < -0.3 is 10.4 Å². The molecule has 10 heteroatoms. The van der Waals surface area contributed by atoms with Gasteiger partial charge >= 0.3 is 0 Å². The van der Waals surface area contributed by atoms with Gasteiger partial charge in [0.1, 0.15) is 10.7 Å². The second-order valence-corrected chi connectivity index (χ2v) is 12.4. The van der Waals surface area contributed by atoms with E-state index in [0.717, 1.165) is 0 Å². The number of anilines is 1. The number of nitrogens with one attached hydrogen (secondary N) is 2. The predicted octanol–water partition coefficient (Wildman–Crippen LogP) is 5.62. The Balaban J connectivity index is 1.50. The van der Waals surface area contributed by atoms with E-state index in [1.807, 2.05) is 6.92 Å². The first-order chi connectivity index (χ1) is 15.9. The Kier molecular flexibility index (Phi) is 6.83. The Morgan fingerprint density at radius 3 is 2.29 bits per heavy atom. The van der Waals surface area contributed by atoms with Gasteiger partial charge in [-0.3, -0.25) is 0 Å². The smallest absolute Gasteiger partial charge is 0.249 e. The third-order valence-corrected chi connectivity index (χ3v) is 8.99. The van der Waals surface area contributed by atoms with Gasteiger partial charge in [0.15, 0.2) is 0 Å². The minimum absolute atomic E-state index is 0.0357. The molecule has 3 N–H and O–H groups in total. The van der Waals surface area contributed by atoms with Crippen molar-refractivity contribution in [3.8, 4) is 0 Å². The lowest BCUT2D eigenvalue weighted by Crippen LogP contribution is -2.61. The van der Waals surface area contributed by atoms with Crippen molar-refractivity contribution in [3.63, 3.8) is 0 Å². The molecule has 0 bridgehead atoms. The maximum atomic E-state index is 13.4. The molecule has 186 valence electrons. The number of halogens is 4. The van der Waals surface area contributed by atoms with Crippen LogP contribution in [-0.4, -0.2) is 32.6 Å². The highest BCUT2D eigenvalue weighted by Crippen LogP contribution is 2.68. The maximum absolute atomic E-state index is 13.4. The number of aliphatic hydroxyl groups is 1. The van der Waals surface area contributed by atoms with E-state index in [1.54, 1.807) is 24.3 Å². The minimum Gasteiger partial charge on any atom is -0.396 e. The van der Waals surface area contributed by atoms with Gasteiger partial charge in [-0.25, -0.2) is 26.3 Å². The molecular formula is C24H28BrF3N2O3S. The monoisotopic (exact) mass is 560 g/mol. The average molecular weight is 561 g/mol. The molecule has 1 atom stereocenters. The summed E-state index contributed by atoms with van der Waals surface area (Å²) in [5.41, 5.74) is 0.0253. The minimum atomic E-state index is -3.96. The van der Waals surface area contributed by atoms with Crippen molar-refractivity contribution in [2.75, 3.05) is 18.5 Å². The summed E-state index contributed by atoms with van der Waals surface area (Å²) in [5.74, 6) is -3.02. The summed E-state index contributed by atoms with van der Waals surface area (Å²) in [6.07, 6.45) is 1.13. The molecule has 34 heavy (non-hydrogen) atoms. The van der Waals surface area contributed by atoms with Crippen molar-refractivity contribution in [1.82, 2.24) is 4.72 Å². The summed E-state index contributed by atoms with van der Waals surface area (Å²) in [4.78, 5) is 0.0357. The summed E-state index contributed by atoms with van der Waals surface area (Å²) in [6, 6.07) is 9.87. The fourth-order valence-corrected chi connectivity index (χ4v) is 7.45. The van der Waals surface area contributed by atoms with Gasteiger partial charge in [-0.1, -0.05) is 35.0 Å². The van der Waals surface area contributed by atoms with E-state index in [4.69, 9.17) is 0 Å². The molecular weight excluding hydrogens is 533 g/mol. The highest BCUT2D eigenvalue weighted by molar-refractivity contribution is 9.10. The lowest BCUT2D eigenvalue weighted by atomic mass is 9.44. The molecule has 0 aromatic heterocycles. The third-order valence-electron chi connectivity index (χ3n) is 6.97. The topological polar surface area (TPSA) is 78.4 Å².